The van der Waals surface area contributed by atoms with Crippen molar-refractivity contribution in [3.63, 3.8) is 0 Å². The van der Waals surface area contributed by atoms with Crippen molar-refractivity contribution in [2.24, 2.45) is 0 Å². The molecule has 1 fully saturated rings. The Morgan fingerprint density at radius 1 is 1.55 bits per heavy atom. The van der Waals surface area contributed by atoms with Crippen molar-refractivity contribution >= 4 is 29.7 Å². The summed E-state index contributed by atoms with van der Waals surface area (Å²) >= 11 is 1.68. The smallest absolute Gasteiger partial charge is 0.237 e. The minimum Gasteiger partial charge on any atom is -0.354 e. The summed E-state index contributed by atoms with van der Waals surface area (Å²) in [6.07, 6.45) is 3.24. The molecule has 0 saturated carbocycles. The predicted octanol–water partition coefficient (Wildman–Crippen LogP) is 1.55. The van der Waals surface area contributed by atoms with Crippen LogP contribution < -0.4 is 10.6 Å². The molecule has 1 amide bonds. The van der Waals surface area contributed by atoms with Gasteiger partial charge in [0, 0.05) is 24.3 Å². The summed E-state index contributed by atoms with van der Waals surface area (Å²) in [5.74, 6) is 1.32. The average molecular weight is 343 g/mol. The Morgan fingerprint density at radius 2 is 2.45 bits per heavy atom. The average Bonchev–Trinajstić information content (AvgIpc) is 3.21. The number of aromatic nitrogens is 2. The van der Waals surface area contributed by atoms with Crippen molar-refractivity contribution in [3.05, 3.63) is 34.1 Å². The molecule has 1 saturated heterocycles. The highest BCUT2D eigenvalue weighted by Crippen LogP contribution is 2.12. The van der Waals surface area contributed by atoms with Gasteiger partial charge in [0.25, 0.3) is 0 Å². The van der Waals surface area contributed by atoms with Crippen LogP contribution in [-0.2, 0) is 17.6 Å². The van der Waals surface area contributed by atoms with Crippen LogP contribution in [0.5, 0.6) is 0 Å². The Balaban J connectivity index is 0.00000176. The molecule has 1 atom stereocenters. The number of hydrogen-bond acceptors (Lipinski definition) is 6. The van der Waals surface area contributed by atoms with Crippen molar-refractivity contribution in [1.29, 1.82) is 0 Å². The molecule has 1 aliphatic heterocycles. The molecule has 0 radical (unpaired) electrons. The second kappa shape index (κ2) is 8.26. The fourth-order valence-electron chi connectivity index (χ4n) is 2.36. The largest absolute Gasteiger partial charge is 0.354 e. The van der Waals surface area contributed by atoms with Gasteiger partial charge in [-0.3, -0.25) is 4.79 Å². The molecule has 3 heterocycles. The Kier molecular flexibility index (Phi) is 6.35. The number of rotatable bonds is 6. The summed E-state index contributed by atoms with van der Waals surface area (Å²) in [7, 11) is 0. The van der Waals surface area contributed by atoms with Gasteiger partial charge in [-0.05, 0) is 30.8 Å². The molecule has 0 aliphatic carbocycles. The zero-order chi connectivity index (χ0) is 14.5. The Labute approximate surface area is 139 Å². The van der Waals surface area contributed by atoms with Crippen LogP contribution in [0.25, 0.3) is 0 Å². The van der Waals surface area contributed by atoms with Crippen molar-refractivity contribution in [2.45, 2.75) is 31.7 Å². The van der Waals surface area contributed by atoms with E-state index < -0.39 is 0 Å². The first kappa shape index (κ1) is 16.9. The fourth-order valence-corrected chi connectivity index (χ4v) is 3.06. The predicted molar refractivity (Wildman–Crippen MR) is 86.4 cm³/mol. The number of hydrogen-bond donors (Lipinski definition) is 2. The van der Waals surface area contributed by atoms with Gasteiger partial charge in [-0.25, -0.2) is 0 Å². The third-order valence-corrected chi connectivity index (χ3v) is 4.31. The molecule has 1 unspecified atom stereocenters. The lowest BCUT2D eigenvalue weighted by Crippen LogP contribution is -2.41. The first-order valence-electron chi connectivity index (χ1n) is 7.16. The SMILES string of the molecule is Cl.O=C(NCCc1nc(Cc2cccs2)no1)C1CCCN1. The van der Waals surface area contributed by atoms with E-state index in [0.29, 0.717) is 31.1 Å². The maximum atomic E-state index is 11.8. The first-order chi connectivity index (χ1) is 10.3. The van der Waals surface area contributed by atoms with Crippen LogP contribution in [0.3, 0.4) is 0 Å². The molecule has 2 aromatic rings. The maximum absolute atomic E-state index is 11.8. The Morgan fingerprint density at radius 3 is 3.18 bits per heavy atom. The van der Waals surface area contributed by atoms with Crippen LogP contribution in [0, 0.1) is 0 Å². The number of nitrogens with one attached hydrogen (secondary N) is 2. The molecule has 22 heavy (non-hydrogen) atoms. The molecule has 6 nitrogen and oxygen atoms in total. The fraction of sp³-hybridized carbons (Fsp3) is 0.500. The number of carbonyl (C=O) groups is 1. The molecule has 120 valence electrons. The summed E-state index contributed by atoms with van der Waals surface area (Å²) in [6.45, 7) is 1.45. The standard InChI is InChI=1S/C14H18N4O2S.ClH/c19-14(11-4-1-6-15-11)16-7-5-13-17-12(18-20-13)9-10-3-2-8-21-10;/h2-3,8,11,15H,1,4-7,9H2,(H,16,19);1H. The molecule has 8 heteroatoms. The third-order valence-electron chi connectivity index (χ3n) is 3.44. The Bertz CT molecular complexity index is 581. The molecule has 0 bridgehead atoms. The van der Waals surface area contributed by atoms with Crippen LogP contribution in [0.1, 0.15) is 29.4 Å². The summed E-state index contributed by atoms with van der Waals surface area (Å²) in [5, 5.41) is 12.1. The van der Waals surface area contributed by atoms with E-state index in [2.05, 4.69) is 26.8 Å². The molecule has 0 spiro atoms. The van der Waals surface area contributed by atoms with Crippen LogP contribution in [0.2, 0.25) is 0 Å². The van der Waals surface area contributed by atoms with Gasteiger partial charge in [-0.1, -0.05) is 11.2 Å². The van der Waals surface area contributed by atoms with E-state index in [1.807, 2.05) is 11.4 Å². The minimum absolute atomic E-state index is 0. The molecule has 2 N–H and O–H groups in total. The van der Waals surface area contributed by atoms with Crippen molar-refractivity contribution in [2.75, 3.05) is 13.1 Å². The van der Waals surface area contributed by atoms with E-state index >= 15 is 0 Å². The molecular formula is C14H19ClN4O2S. The van der Waals surface area contributed by atoms with Gasteiger partial charge in [-0.2, -0.15) is 4.98 Å². The van der Waals surface area contributed by atoms with Gasteiger partial charge in [0.1, 0.15) is 0 Å². The number of amides is 1. The lowest BCUT2D eigenvalue weighted by Gasteiger charge is -2.09. The Hall–Kier alpha value is -1.44. The van der Waals surface area contributed by atoms with Gasteiger partial charge in [0.05, 0.1) is 6.04 Å². The summed E-state index contributed by atoms with van der Waals surface area (Å²) in [5.41, 5.74) is 0. The van der Waals surface area contributed by atoms with Gasteiger partial charge in [0.2, 0.25) is 11.8 Å². The topological polar surface area (TPSA) is 80.1 Å². The molecule has 2 aromatic heterocycles. The molecular weight excluding hydrogens is 324 g/mol. The zero-order valence-electron chi connectivity index (χ0n) is 12.1. The van der Waals surface area contributed by atoms with E-state index in [0.717, 1.165) is 19.4 Å². The quantitative estimate of drug-likeness (QED) is 0.832. The van der Waals surface area contributed by atoms with Crippen molar-refractivity contribution in [3.8, 4) is 0 Å². The van der Waals surface area contributed by atoms with Gasteiger partial charge in [-0.15, -0.1) is 23.7 Å². The van der Waals surface area contributed by atoms with Crippen LogP contribution in [0.15, 0.2) is 22.0 Å². The van der Waals surface area contributed by atoms with Gasteiger partial charge in [0.15, 0.2) is 5.82 Å². The monoisotopic (exact) mass is 342 g/mol. The van der Waals surface area contributed by atoms with Crippen molar-refractivity contribution in [1.82, 2.24) is 20.8 Å². The van der Waals surface area contributed by atoms with Gasteiger partial charge < -0.3 is 15.2 Å². The molecule has 1 aliphatic rings. The lowest BCUT2D eigenvalue weighted by molar-refractivity contribution is -0.122. The van der Waals surface area contributed by atoms with E-state index in [-0.39, 0.29) is 24.4 Å². The van der Waals surface area contributed by atoms with E-state index in [1.165, 1.54) is 4.88 Å². The van der Waals surface area contributed by atoms with Crippen molar-refractivity contribution < 1.29 is 9.32 Å². The zero-order valence-corrected chi connectivity index (χ0v) is 13.7. The highest BCUT2D eigenvalue weighted by Gasteiger charge is 2.21. The highest BCUT2D eigenvalue weighted by atomic mass is 35.5. The highest BCUT2D eigenvalue weighted by molar-refractivity contribution is 7.09. The second-order valence-corrected chi connectivity index (χ2v) is 6.08. The number of halogens is 1. The summed E-state index contributed by atoms with van der Waals surface area (Å²) < 4.78 is 5.20. The third kappa shape index (κ3) is 4.53. The molecule has 0 aromatic carbocycles. The maximum Gasteiger partial charge on any atom is 0.237 e. The lowest BCUT2D eigenvalue weighted by atomic mass is 10.2. The van der Waals surface area contributed by atoms with Crippen LogP contribution in [-0.4, -0.2) is 35.2 Å². The van der Waals surface area contributed by atoms with E-state index in [4.69, 9.17) is 4.52 Å². The first-order valence-corrected chi connectivity index (χ1v) is 8.04. The number of nitrogens with zero attached hydrogens (tertiary/aromatic N) is 2. The number of thiophene rings is 1. The number of carbonyl (C=O) groups excluding carboxylic acids is 1. The van der Waals surface area contributed by atoms with Crippen LogP contribution >= 0.6 is 23.7 Å². The van der Waals surface area contributed by atoms with E-state index in [9.17, 15) is 4.79 Å². The van der Waals surface area contributed by atoms with Gasteiger partial charge >= 0.3 is 0 Å². The van der Waals surface area contributed by atoms with E-state index in [1.54, 1.807) is 11.3 Å². The molecule has 3 rings (SSSR count). The summed E-state index contributed by atoms with van der Waals surface area (Å²) in [6, 6.07) is 4.02. The minimum atomic E-state index is -0.0397. The second-order valence-electron chi connectivity index (χ2n) is 5.05. The normalized spacial score (nSPS) is 17.2. The summed E-state index contributed by atoms with van der Waals surface area (Å²) in [4.78, 5) is 17.4. The van der Waals surface area contributed by atoms with Crippen LogP contribution in [0.4, 0.5) is 0 Å².